The van der Waals surface area contributed by atoms with Gasteiger partial charge in [0.25, 0.3) is 0 Å². The highest BCUT2D eigenvalue weighted by Crippen LogP contribution is 2.43. The fraction of sp³-hybridized carbons (Fsp3) is 0.462. The van der Waals surface area contributed by atoms with Crippen LogP contribution in [0.5, 0.6) is 0 Å². The van der Waals surface area contributed by atoms with E-state index in [9.17, 15) is 0 Å². The van der Waals surface area contributed by atoms with Gasteiger partial charge in [-0.3, -0.25) is 10.1 Å². The molecule has 8 heteroatoms. The van der Waals surface area contributed by atoms with Gasteiger partial charge in [0.15, 0.2) is 0 Å². The number of nitrogens with zero attached hydrogens (tertiary/aromatic N) is 5. The molecule has 3 aromatic heterocycles. The van der Waals surface area contributed by atoms with Crippen molar-refractivity contribution in [2.75, 3.05) is 13.2 Å². The number of aromatic nitrogens is 6. The Kier molecular flexibility index (Phi) is 7.70. The Bertz CT molecular complexity index is 1210. The van der Waals surface area contributed by atoms with Crippen molar-refractivity contribution < 1.29 is 5.11 Å². The van der Waals surface area contributed by atoms with Gasteiger partial charge in [-0.1, -0.05) is 38.5 Å². The van der Waals surface area contributed by atoms with Crippen molar-refractivity contribution in [3.63, 3.8) is 0 Å². The zero-order valence-electron chi connectivity index (χ0n) is 20.5. The maximum Gasteiger partial charge on any atom is 0.140 e. The van der Waals surface area contributed by atoms with Gasteiger partial charge in [0, 0.05) is 42.7 Å². The molecule has 5 rings (SSSR count). The fourth-order valence-electron chi connectivity index (χ4n) is 4.75. The standard InChI is InChI=1S/C24H29N7O.C2H6/c1-15(25-11-12-32)21-23-19(9-10-26-21)22(28-29-23)18-8-4-7-17(13-18)20(16-5-3-6-16)24-30-27-14-31(24)2;1-2/h4,7-10,13-16,20,25,32H,3,5-6,11-12H2,1-2H3,(H,28,29);1-2H3. The lowest BCUT2D eigenvalue weighted by molar-refractivity contribution is 0.274. The predicted molar refractivity (Wildman–Crippen MR) is 134 cm³/mol. The molecule has 8 nitrogen and oxygen atoms in total. The number of nitrogens with one attached hydrogen (secondary N) is 2. The number of aliphatic hydroxyl groups excluding tert-OH is 1. The first-order valence-electron chi connectivity index (χ1n) is 12.3. The number of rotatable bonds is 8. The van der Waals surface area contributed by atoms with E-state index < -0.39 is 0 Å². The highest BCUT2D eigenvalue weighted by atomic mass is 16.3. The zero-order valence-corrected chi connectivity index (χ0v) is 20.5. The van der Waals surface area contributed by atoms with Gasteiger partial charge >= 0.3 is 0 Å². The van der Waals surface area contributed by atoms with Gasteiger partial charge in [0.1, 0.15) is 17.8 Å². The summed E-state index contributed by atoms with van der Waals surface area (Å²) in [6.07, 6.45) is 7.34. The molecule has 1 aliphatic rings. The second-order valence-electron chi connectivity index (χ2n) is 8.68. The van der Waals surface area contributed by atoms with Crippen LogP contribution >= 0.6 is 0 Å². The molecule has 2 unspecified atom stereocenters. The summed E-state index contributed by atoms with van der Waals surface area (Å²) in [4.78, 5) is 4.56. The average molecular weight is 462 g/mol. The third-order valence-corrected chi connectivity index (χ3v) is 6.65. The molecule has 1 fully saturated rings. The molecule has 0 amide bonds. The molecule has 34 heavy (non-hydrogen) atoms. The van der Waals surface area contributed by atoms with Gasteiger partial charge in [0.05, 0.1) is 17.8 Å². The second kappa shape index (κ2) is 10.9. The van der Waals surface area contributed by atoms with Crippen molar-refractivity contribution in [3.05, 3.63) is 59.9 Å². The van der Waals surface area contributed by atoms with Gasteiger partial charge in [-0.25, -0.2) is 0 Å². The predicted octanol–water partition coefficient (Wildman–Crippen LogP) is 4.35. The lowest BCUT2D eigenvalue weighted by atomic mass is 9.72. The van der Waals surface area contributed by atoms with Gasteiger partial charge in [0.2, 0.25) is 0 Å². The van der Waals surface area contributed by atoms with Crippen LogP contribution in [0.15, 0.2) is 42.9 Å². The van der Waals surface area contributed by atoms with Crippen LogP contribution in [0.4, 0.5) is 0 Å². The number of pyridine rings is 1. The normalized spacial score (nSPS) is 15.4. The van der Waals surface area contributed by atoms with Crippen LogP contribution < -0.4 is 5.32 Å². The quantitative estimate of drug-likeness (QED) is 0.360. The maximum atomic E-state index is 9.13. The minimum atomic E-state index is 0.00407. The molecule has 0 aliphatic heterocycles. The first-order chi connectivity index (χ1) is 16.7. The summed E-state index contributed by atoms with van der Waals surface area (Å²) in [5.41, 5.74) is 5.08. The van der Waals surface area contributed by atoms with Gasteiger partial charge in [-0.2, -0.15) is 5.10 Å². The Balaban J connectivity index is 0.00000133. The number of fused-ring (bicyclic) bond motifs is 1. The molecular weight excluding hydrogens is 426 g/mol. The minimum Gasteiger partial charge on any atom is -0.395 e. The van der Waals surface area contributed by atoms with E-state index in [0.717, 1.165) is 33.7 Å². The summed E-state index contributed by atoms with van der Waals surface area (Å²) in [5.74, 6) is 1.86. The van der Waals surface area contributed by atoms with Crippen LogP contribution in [-0.2, 0) is 7.05 Å². The SMILES string of the molecule is CC.CC(NCCO)c1nccc2c(-c3cccc(C(c4nncn4C)C4CCC4)c3)n[nH]c12. The molecular formula is C26H35N7O. The summed E-state index contributed by atoms with van der Waals surface area (Å²) >= 11 is 0. The topological polar surface area (TPSA) is 105 Å². The Morgan fingerprint density at radius 2 is 2.06 bits per heavy atom. The molecule has 1 aromatic carbocycles. The van der Waals surface area contributed by atoms with Crippen LogP contribution in [-0.4, -0.2) is 48.2 Å². The molecule has 3 heterocycles. The number of hydrogen-bond acceptors (Lipinski definition) is 6. The average Bonchev–Trinajstić information content (AvgIpc) is 3.47. The Morgan fingerprint density at radius 3 is 2.74 bits per heavy atom. The van der Waals surface area contributed by atoms with Gasteiger partial charge < -0.3 is 15.0 Å². The Morgan fingerprint density at radius 1 is 1.24 bits per heavy atom. The van der Waals surface area contributed by atoms with E-state index in [4.69, 9.17) is 5.11 Å². The summed E-state index contributed by atoms with van der Waals surface area (Å²) in [6.45, 7) is 6.66. The monoisotopic (exact) mass is 461 g/mol. The largest absolute Gasteiger partial charge is 0.395 e. The molecule has 0 saturated heterocycles. The lowest BCUT2D eigenvalue weighted by Crippen LogP contribution is -2.24. The van der Waals surface area contributed by atoms with Crippen molar-refractivity contribution in [1.82, 2.24) is 35.3 Å². The lowest BCUT2D eigenvalue weighted by Gasteiger charge is -2.33. The number of aryl methyl sites for hydroxylation is 1. The van der Waals surface area contributed by atoms with Crippen LogP contribution in [0, 0.1) is 5.92 Å². The summed E-state index contributed by atoms with van der Waals surface area (Å²) in [5, 5.41) is 29.9. The van der Waals surface area contributed by atoms with Crippen LogP contribution in [0.25, 0.3) is 22.2 Å². The highest BCUT2D eigenvalue weighted by Gasteiger charge is 2.33. The molecule has 1 saturated carbocycles. The highest BCUT2D eigenvalue weighted by molar-refractivity contribution is 5.94. The summed E-state index contributed by atoms with van der Waals surface area (Å²) in [7, 11) is 2.02. The molecule has 180 valence electrons. The van der Waals surface area contributed by atoms with Gasteiger partial charge in [-0.05, 0) is 43.4 Å². The number of aromatic amines is 1. The number of H-pyrrole nitrogens is 1. The van der Waals surface area contributed by atoms with Crippen molar-refractivity contribution in [1.29, 1.82) is 0 Å². The van der Waals surface area contributed by atoms with Crippen molar-refractivity contribution in [3.8, 4) is 11.3 Å². The molecule has 2 atom stereocenters. The molecule has 0 spiro atoms. The smallest absolute Gasteiger partial charge is 0.140 e. The molecule has 0 radical (unpaired) electrons. The molecule has 0 bridgehead atoms. The van der Waals surface area contributed by atoms with Crippen molar-refractivity contribution in [2.24, 2.45) is 13.0 Å². The zero-order chi connectivity index (χ0) is 24.1. The van der Waals surface area contributed by atoms with Crippen LogP contribution in [0.3, 0.4) is 0 Å². The second-order valence-corrected chi connectivity index (χ2v) is 8.68. The first kappa shape index (κ1) is 24.0. The molecule has 1 aliphatic carbocycles. The van der Waals surface area contributed by atoms with Crippen LogP contribution in [0.1, 0.15) is 69.1 Å². The van der Waals surface area contributed by atoms with E-state index in [1.807, 2.05) is 44.6 Å². The Labute approximate surface area is 200 Å². The van der Waals surface area contributed by atoms with E-state index in [0.29, 0.717) is 12.5 Å². The third-order valence-electron chi connectivity index (χ3n) is 6.65. The van der Waals surface area contributed by atoms with E-state index in [-0.39, 0.29) is 18.6 Å². The summed E-state index contributed by atoms with van der Waals surface area (Å²) < 4.78 is 2.04. The number of hydrogen-bond donors (Lipinski definition) is 3. The maximum absolute atomic E-state index is 9.13. The fourth-order valence-corrected chi connectivity index (χ4v) is 4.75. The number of benzene rings is 1. The minimum absolute atomic E-state index is 0.00407. The third kappa shape index (κ3) is 4.60. The van der Waals surface area contributed by atoms with Crippen molar-refractivity contribution >= 4 is 10.9 Å². The van der Waals surface area contributed by atoms with E-state index >= 15 is 0 Å². The first-order valence-corrected chi connectivity index (χ1v) is 12.3. The number of aliphatic hydroxyl groups is 1. The molecule has 4 aromatic rings. The van der Waals surface area contributed by atoms with Gasteiger partial charge in [-0.15, -0.1) is 10.2 Å². The van der Waals surface area contributed by atoms with E-state index in [2.05, 4.69) is 55.0 Å². The molecule has 3 N–H and O–H groups in total. The summed E-state index contributed by atoms with van der Waals surface area (Å²) in [6, 6.07) is 10.7. The van der Waals surface area contributed by atoms with E-state index in [1.165, 1.54) is 24.8 Å². The van der Waals surface area contributed by atoms with Crippen molar-refractivity contribution in [2.45, 2.75) is 52.0 Å². The Hall–Kier alpha value is -3.10. The van der Waals surface area contributed by atoms with E-state index in [1.54, 1.807) is 6.33 Å². The van der Waals surface area contributed by atoms with Crippen LogP contribution in [0.2, 0.25) is 0 Å².